The van der Waals surface area contributed by atoms with Crippen molar-refractivity contribution in [3.05, 3.63) is 84.2 Å². The van der Waals surface area contributed by atoms with Crippen LogP contribution in [-0.4, -0.2) is 10.9 Å². The minimum absolute atomic E-state index is 0.308. The van der Waals surface area contributed by atoms with E-state index in [1.54, 1.807) is 30.4 Å². The van der Waals surface area contributed by atoms with E-state index in [-0.39, 0.29) is 5.76 Å². The van der Waals surface area contributed by atoms with Crippen molar-refractivity contribution in [2.75, 3.05) is 0 Å². The molecular formula is C16H16O2. The summed E-state index contributed by atoms with van der Waals surface area (Å²) < 4.78 is 0. The molecule has 0 unspecified atom stereocenters. The predicted molar refractivity (Wildman–Crippen MR) is 74.7 cm³/mol. The Morgan fingerprint density at radius 2 is 1.94 bits per heavy atom. The smallest absolute Gasteiger partial charge is 0.227 e. The summed E-state index contributed by atoms with van der Waals surface area (Å²) in [6, 6.07) is 7.13. The Morgan fingerprint density at radius 1 is 1.28 bits per heavy atom. The second-order valence-electron chi connectivity index (χ2n) is 3.78. The summed E-state index contributed by atoms with van der Waals surface area (Å²) >= 11 is 0. The van der Waals surface area contributed by atoms with Crippen molar-refractivity contribution in [2.24, 2.45) is 0 Å². The van der Waals surface area contributed by atoms with E-state index in [4.69, 9.17) is 0 Å². The van der Waals surface area contributed by atoms with E-state index in [0.717, 1.165) is 5.56 Å². The van der Waals surface area contributed by atoms with E-state index in [2.05, 4.69) is 13.2 Å². The summed E-state index contributed by atoms with van der Waals surface area (Å²) in [5.74, 6) is -0.706. The highest BCUT2D eigenvalue weighted by Gasteiger charge is 2.12. The molecule has 0 bridgehead atoms. The molecule has 1 N–H and O–H groups in total. The zero-order valence-corrected chi connectivity index (χ0v) is 10.4. The van der Waals surface area contributed by atoms with Crippen LogP contribution in [-0.2, 0) is 0 Å². The molecule has 0 fully saturated rings. The van der Waals surface area contributed by atoms with Gasteiger partial charge in [-0.05, 0) is 24.1 Å². The number of carbonyl (C=O) groups excluding carboxylic acids is 1. The van der Waals surface area contributed by atoms with Gasteiger partial charge in [0.25, 0.3) is 0 Å². The Hall–Kier alpha value is -2.35. The van der Waals surface area contributed by atoms with E-state index >= 15 is 0 Å². The fourth-order valence-corrected chi connectivity index (χ4v) is 1.50. The van der Waals surface area contributed by atoms with Crippen LogP contribution in [0.15, 0.2) is 73.1 Å². The van der Waals surface area contributed by atoms with Crippen LogP contribution in [0.3, 0.4) is 0 Å². The number of ketones is 1. The zero-order valence-electron chi connectivity index (χ0n) is 10.4. The molecule has 92 valence electrons. The molecule has 0 radical (unpaired) electrons. The van der Waals surface area contributed by atoms with E-state index < -0.39 is 5.78 Å². The molecule has 0 saturated carbocycles. The number of Topliss-reactive ketones (excluding diaryl/α,β-unsaturated/α-hetero) is 1. The minimum Gasteiger partial charge on any atom is -0.504 e. The lowest BCUT2D eigenvalue weighted by Gasteiger charge is -2.04. The molecule has 1 aromatic carbocycles. The fourth-order valence-electron chi connectivity index (χ4n) is 1.50. The predicted octanol–water partition coefficient (Wildman–Crippen LogP) is 3.92. The Kier molecular flexibility index (Phi) is 4.88. The first-order valence-electron chi connectivity index (χ1n) is 5.56. The molecule has 0 atom stereocenters. The van der Waals surface area contributed by atoms with Crippen LogP contribution < -0.4 is 0 Å². The molecule has 0 aliphatic heterocycles. The van der Waals surface area contributed by atoms with Gasteiger partial charge in [-0.25, -0.2) is 0 Å². The van der Waals surface area contributed by atoms with Crippen LogP contribution >= 0.6 is 0 Å². The van der Waals surface area contributed by atoms with Gasteiger partial charge in [-0.2, -0.15) is 0 Å². The summed E-state index contributed by atoms with van der Waals surface area (Å²) in [5.41, 5.74) is 1.95. The van der Waals surface area contributed by atoms with Crippen molar-refractivity contribution < 1.29 is 9.90 Å². The molecule has 0 saturated heterocycles. The number of rotatable bonds is 5. The standard InChI is InChI=1S/C16H16O2/c1-4-8-13(5-2)11-15(17)16(18)14-10-7-6-9-12(14)3/h4-11,17H,1-2H2,3H3/b13-8+,15-11-. The van der Waals surface area contributed by atoms with E-state index in [1.165, 1.54) is 6.08 Å². The number of hydrogen-bond donors (Lipinski definition) is 1. The van der Waals surface area contributed by atoms with Gasteiger partial charge < -0.3 is 5.11 Å². The van der Waals surface area contributed by atoms with Gasteiger partial charge in [0.2, 0.25) is 5.78 Å². The largest absolute Gasteiger partial charge is 0.504 e. The minimum atomic E-state index is -0.398. The Labute approximate surface area is 107 Å². The molecule has 0 aromatic heterocycles. The number of carbonyl (C=O) groups is 1. The maximum atomic E-state index is 12.0. The summed E-state index contributed by atoms with van der Waals surface area (Å²) in [6.45, 7) is 8.98. The summed E-state index contributed by atoms with van der Waals surface area (Å²) in [6.07, 6.45) is 6.15. The monoisotopic (exact) mass is 240 g/mol. The molecule has 2 heteroatoms. The van der Waals surface area contributed by atoms with Crippen molar-refractivity contribution in [3.8, 4) is 0 Å². The third-order valence-electron chi connectivity index (χ3n) is 2.47. The number of aliphatic hydroxyl groups excluding tert-OH is 1. The summed E-state index contributed by atoms with van der Waals surface area (Å²) in [4.78, 5) is 12.0. The van der Waals surface area contributed by atoms with Crippen LogP contribution in [0, 0.1) is 6.92 Å². The van der Waals surface area contributed by atoms with Crippen molar-refractivity contribution in [1.29, 1.82) is 0 Å². The number of allylic oxidation sites excluding steroid dienone is 6. The lowest BCUT2D eigenvalue weighted by molar-refractivity contribution is 0.0977. The van der Waals surface area contributed by atoms with Gasteiger partial charge in [0.15, 0.2) is 5.76 Å². The molecular weight excluding hydrogens is 224 g/mol. The molecule has 2 nitrogen and oxygen atoms in total. The van der Waals surface area contributed by atoms with Crippen LogP contribution in [0.5, 0.6) is 0 Å². The second-order valence-corrected chi connectivity index (χ2v) is 3.78. The molecule has 1 rings (SSSR count). The number of aliphatic hydroxyl groups is 1. The third-order valence-corrected chi connectivity index (χ3v) is 2.47. The molecule has 1 aromatic rings. The fraction of sp³-hybridized carbons (Fsp3) is 0.0625. The Bertz CT molecular complexity index is 534. The van der Waals surface area contributed by atoms with Gasteiger partial charge >= 0.3 is 0 Å². The van der Waals surface area contributed by atoms with Crippen LogP contribution in [0.1, 0.15) is 15.9 Å². The van der Waals surface area contributed by atoms with Gasteiger partial charge in [-0.1, -0.05) is 55.7 Å². The first kappa shape index (κ1) is 13.7. The lowest BCUT2D eigenvalue weighted by Crippen LogP contribution is -2.05. The molecule has 0 heterocycles. The SMILES string of the molecule is C=C/C=C(C=C)/C=C(\O)C(=O)c1ccccc1C. The van der Waals surface area contributed by atoms with Gasteiger partial charge in [-0.3, -0.25) is 4.79 Å². The zero-order chi connectivity index (χ0) is 13.5. The number of hydrogen-bond acceptors (Lipinski definition) is 2. The van der Waals surface area contributed by atoms with E-state index in [9.17, 15) is 9.90 Å². The average Bonchev–Trinajstić information content (AvgIpc) is 2.37. The highest BCUT2D eigenvalue weighted by molar-refractivity contribution is 6.08. The summed E-state index contributed by atoms with van der Waals surface area (Å²) in [5, 5.41) is 9.81. The molecule has 0 aliphatic rings. The Morgan fingerprint density at radius 3 is 2.50 bits per heavy atom. The van der Waals surface area contributed by atoms with Crippen LogP contribution in [0.2, 0.25) is 0 Å². The highest BCUT2D eigenvalue weighted by atomic mass is 16.3. The van der Waals surface area contributed by atoms with Gasteiger partial charge in [0.05, 0.1) is 0 Å². The van der Waals surface area contributed by atoms with Crippen molar-refractivity contribution >= 4 is 5.78 Å². The van der Waals surface area contributed by atoms with E-state index in [1.807, 2.05) is 19.1 Å². The number of aryl methyl sites for hydroxylation is 1. The van der Waals surface area contributed by atoms with Crippen molar-refractivity contribution in [1.82, 2.24) is 0 Å². The van der Waals surface area contributed by atoms with Crippen molar-refractivity contribution in [3.63, 3.8) is 0 Å². The highest BCUT2D eigenvalue weighted by Crippen LogP contribution is 2.13. The van der Waals surface area contributed by atoms with Crippen molar-refractivity contribution in [2.45, 2.75) is 6.92 Å². The molecule has 0 spiro atoms. The maximum absolute atomic E-state index is 12.0. The first-order valence-corrected chi connectivity index (χ1v) is 5.56. The molecule has 0 amide bonds. The first-order chi connectivity index (χ1) is 8.60. The molecule has 0 aliphatic carbocycles. The average molecular weight is 240 g/mol. The maximum Gasteiger partial charge on any atom is 0.227 e. The van der Waals surface area contributed by atoms with Gasteiger partial charge in [-0.15, -0.1) is 0 Å². The van der Waals surface area contributed by atoms with Crippen LogP contribution in [0.25, 0.3) is 0 Å². The lowest BCUT2D eigenvalue weighted by atomic mass is 10.0. The van der Waals surface area contributed by atoms with Gasteiger partial charge in [0.1, 0.15) is 0 Å². The number of benzene rings is 1. The quantitative estimate of drug-likeness (QED) is 0.366. The van der Waals surface area contributed by atoms with Crippen LogP contribution in [0.4, 0.5) is 0 Å². The summed E-state index contributed by atoms with van der Waals surface area (Å²) in [7, 11) is 0. The van der Waals surface area contributed by atoms with E-state index in [0.29, 0.717) is 11.1 Å². The van der Waals surface area contributed by atoms with Gasteiger partial charge in [0, 0.05) is 5.56 Å². The third kappa shape index (κ3) is 3.32. The molecule has 18 heavy (non-hydrogen) atoms. The normalized spacial score (nSPS) is 12.1. The topological polar surface area (TPSA) is 37.3 Å². The second kappa shape index (κ2) is 6.40. The Balaban J connectivity index is 3.08.